The SMILES string of the molecule is CO/C=N/c1c([C@@H](CN=[N+]=[N-])O[Si](C)(C)C(C)(C)C)ncn1Cc1ccccc1. The smallest absolute Gasteiger partial charge is 0.192 e. The second-order valence-electron chi connectivity index (χ2n) is 8.32. The molecule has 0 N–H and O–H groups in total. The number of hydrogen-bond acceptors (Lipinski definition) is 5. The van der Waals surface area contributed by atoms with Crippen LogP contribution >= 0.6 is 0 Å². The lowest BCUT2D eigenvalue weighted by Crippen LogP contribution is -2.42. The van der Waals surface area contributed by atoms with Crippen LogP contribution in [0.5, 0.6) is 0 Å². The highest BCUT2D eigenvalue weighted by atomic mass is 28.4. The maximum Gasteiger partial charge on any atom is 0.192 e. The van der Waals surface area contributed by atoms with Crippen molar-refractivity contribution in [3.8, 4) is 0 Å². The number of aromatic nitrogens is 2. The van der Waals surface area contributed by atoms with Gasteiger partial charge in [0.2, 0.25) is 0 Å². The molecule has 0 aliphatic carbocycles. The molecule has 1 aromatic carbocycles. The molecular formula is C20H30N6O2Si. The molecule has 0 spiro atoms. The lowest BCUT2D eigenvalue weighted by molar-refractivity contribution is 0.188. The van der Waals surface area contributed by atoms with E-state index < -0.39 is 14.4 Å². The van der Waals surface area contributed by atoms with Gasteiger partial charge in [-0.2, -0.15) is 0 Å². The predicted octanol–water partition coefficient (Wildman–Crippen LogP) is 5.61. The molecule has 1 heterocycles. The number of azide groups is 1. The Balaban J connectivity index is 2.46. The molecule has 8 nitrogen and oxygen atoms in total. The van der Waals surface area contributed by atoms with Crippen molar-refractivity contribution in [2.24, 2.45) is 10.1 Å². The summed E-state index contributed by atoms with van der Waals surface area (Å²) in [4.78, 5) is 12.0. The Morgan fingerprint density at radius 2 is 1.97 bits per heavy atom. The van der Waals surface area contributed by atoms with E-state index in [1.807, 2.05) is 34.9 Å². The van der Waals surface area contributed by atoms with Gasteiger partial charge in [-0.3, -0.25) is 0 Å². The predicted molar refractivity (Wildman–Crippen MR) is 118 cm³/mol. The molecule has 0 aliphatic heterocycles. The zero-order chi connectivity index (χ0) is 21.5. The lowest BCUT2D eigenvalue weighted by Gasteiger charge is -2.38. The number of hydrogen-bond donors (Lipinski definition) is 0. The first-order valence-electron chi connectivity index (χ1n) is 9.52. The molecule has 0 bridgehead atoms. The van der Waals surface area contributed by atoms with Crippen LogP contribution in [0.15, 0.2) is 46.8 Å². The first-order chi connectivity index (χ1) is 13.7. The van der Waals surface area contributed by atoms with Crippen molar-refractivity contribution in [2.75, 3.05) is 13.7 Å². The van der Waals surface area contributed by atoms with Gasteiger partial charge in [-0.05, 0) is 29.2 Å². The van der Waals surface area contributed by atoms with E-state index in [4.69, 9.17) is 14.7 Å². The first-order valence-corrected chi connectivity index (χ1v) is 12.4. The maximum absolute atomic E-state index is 8.87. The quantitative estimate of drug-likeness (QED) is 0.133. The summed E-state index contributed by atoms with van der Waals surface area (Å²) in [5.74, 6) is 0.632. The normalized spacial score (nSPS) is 13.3. The minimum Gasteiger partial charge on any atom is -0.486 e. The summed E-state index contributed by atoms with van der Waals surface area (Å²) in [6.45, 7) is 11.6. The molecule has 156 valence electrons. The van der Waals surface area contributed by atoms with Crippen molar-refractivity contribution >= 4 is 20.5 Å². The van der Waals surface area contributed by atoms with Gasteiger partial charge in [0.1, 0.15) is 5.69 Å². The second kappa shape index (κ2) is 9.73. The first kappa shape index (κ1) is 22.7. The molecule has 0 saturated heterocycles. The molecule has 0 saturated carbocycles. The third-order valence-corrected chi connectivity index (χ3v) is 9.66. The van der Waals surface area contributed by atoms with Crippen molar-refractivity contribution < 1.29 is 9.16 Å². The number of imidazole rings is 1. The van der Waals surface area contributed by atoms with E-state index >= 15 is 0 Å². The minimum atomic E-state index is -2.14. The summed E-state index contributed by atoms with van der Waals surface area (Å²) in [5, 5.41) is 3.78. The Bertz CT molecular complexity index is 867. The molecule has 0 aliphatic rings. The zero-order valence-corrected chi connectivity index (χ0v) is 19.0. The number of ether oxygens (including phenoxy) is 1. The summed E-state index contributed by atoms with van der Waals surface area (Å²) in [6.07, 6.45) is 2.63. The average molecular weight is 415 g/mol. The fourth-order valence-corrected chi connectivity index (χ4v) is 3.83. The molecule has 1 atom stereocenters. The molecule has 29 heavy (non-hydrogen) atoms. The Morgan fingerprint density at radius 3 is 2.55 bits per heavy atom. The molecule has 0 fully saturated rings. The van der Waals surface area contributed by atoms with Crippen molar-refractivity contribution in [1.29, 1.82) is 0 Å². The van der Waals surface area contributed by atoms with Gasteiger partial charge in [-0.1, -0.05) is 56.2 Å². The number of rotatable bonds is 9. The van der Waals surface area contributed by atoms with Crippen LogP contribution in [0.25, 0.3) is 10.4 Å². The number of methoxy groups -OCH3 is 1. The summed E-state index contributed by atoms with van der Waals surface area (Å²) in [6, 6.07) is 10.1. The summed E-state index contributed by atoms with van der Waals surface area (Å²) >= 11 is 0. The van der Waals surface area contributed by atoms with E-state index in [1.54, 1.807) is 13.4 Å². The van der Waals surface area contributed by atoms with E-state index in [0.717, 1.165) is 5.56 Å². The molecule has 2 aromatic rings. The van der Waals surface area contributed by atoms with Gasteiger partial charge < -0.3 is 13.7 Å². The van der Waals surface area contributed by atoms with Crippen LogP contribution in [-0.2, 0) is 15.7 Å². The number of nitrogens with zero attached hydrogens (tertiary/aromatic N) is 6. The number of aliphatic imine (C=N–C) groups is 1. The monoisotopic (exact) mass is 414 g/mol. The summed E-state index contributed by atoms with van der Waals surface area (Å²) in [5.41, 5.74) is 10.6. The van der Waals surface area contributed by atoms with Crippen LogP contribution in [0.1, 0.15) is 38.1 Å². The molecule has 9 heteroatoms. The van der Waals surface area contributed by atoms with E-state index in [1.165, 1.54) is 6.40 Å². The fourth-order valence-electron chi connectivity index (χ4n) is 2.58. The largest absolute Gasteiger partial charge is 0.486 e. The molecule has 0 radical (unpaired) electrons. The van der Waals surface area contributed by atoms with Crippen molar-refractivity contribution in [3.05, 3.63) is 58.4 Å². The highest BCUT2D eigenvalue weighted by Crippen LogP contribution is 2.41. The van der Waals surface area contributed by atoms with E-state index in [0.29, 0.717) is 18.1 Å². The fraction of sp³-hybridized carbons (Fsp3) is 0.500. The lowest BCUT2D eigenvalue weighted by atomic mass is 10.2. The minimum absolute atomic E-state index is 0.00414. The third kappa shape index (κ3) is 5.93. The molecule has 0 unspecified atom stereocenters. The van der Waals surface area contributed by atoms with Crippen LogP contribution in [-0.4, -0.2) is 37.9 Å². The Morgan fingerprint density at radius 1 is 1.28 bits per heavy atom. The summed E-state index contributed by atoms with van der Waals surface area (Å²) < 4.78 is 13.5. The van der Waals surface area contributed by atoms with Crippen LogP contribution < -0.4 is 0 Å². The van der Waals surface area contributed by atoms with Crippen molar-refractivity contribution in [3.63, 3.8) is 0 Å². The third-order valence-electron chi connectivity index (χ3n) is 5.17. The highest BCUT2D eigenvalue weighted by molar-refractivity contribution is 6.74. The van der Waals surface area contributed by atoms with Crippen LogP contribution in [0.4, 0.5) is 5.82 Å². The van der Waals surface area contributed by atoms with E-state index in [9.17, 15) is 0 Å². The molecule has 0 amide bonds. The standard InChI is InChI=1S/C20H30N6O2Si/c1-20(2,3)29(5,6)28-17(12-24-25-21)18-19(23-15-27-4)26(14-22-18)13-16-10-8-7-9-11-16/h7-11,14-15,17H,12-13H2,1-6H3/b23-15+/t17-/m1/s1. The van der Waals surface area contributed by atoms with Gasteiger partial charge in [0.05, 0.1) is 32.6 Å². The van der Waals surface area contributed by atoms with Crippen LogP contribution in [0.2, 0.25) is 18.1 Å². The Hall–Kier alpha value is -2.61. The topological polar surface area (TPSA) is 97.4 Å². The van der Waals surface area contributed by atoms with Crippen molar-refractivity contribution in [2.45, 2.75) is 51.6 Å². The van der Waals surface area contributed by atoms with Gasteiger partial charge in [0.25, 0.3) is 0 Å². The van der Waals surface area contributed by atoms with Gasteiger partial charge in [0, 0.05) is 4.91 Å². The second-order valence-corrected chi connectivity index (χ2v) is 13.1. The van der Waals surface area contributed by atoms with Crippen LogP contribution in [0, 0.1) is 0 Å². The zero-order valence-electron chi connectivity index (χ0n) is 18.0. The summed E-state index contributed by atoms with van der Waals surface area (Å²) in [7, 11) is -0.589. The molecule has 2 rings (SSSR count). The number of benzene rings is 1. The van der Waals surface area contributed by atoms with E-state index in [-0.39, 0.29) is 11.6 Å². The Labute approximate surface area is 173 Å². The maximum atomic E-state index is 8.87. The van der Waals surface area contributed by atoms with Gasteiger partial charge in [-0.25, -0.2) is 9.98 Å². The average Bonchev–Trinajstić information content (AvgIpc) is 3.05. The van der Waals surface area contributed by atoms with Crippen molar-refractivity contribution in [1.82, 2.24) is 9.55 Å². The van der Waals surface area contributed by atoms with Gasteiger partial charge in [-0.15, -0.1) is 0 Å². The van der Waals surface area contributed by atoms with Gasteiger partial charge >= 0.3 is 0 Å². The Kier molecular flexibility index (Phi) is 7.61. The van der Waals surface area contributed by atoms with Crippen LogP contribution in [0.3, 0.4) is 0 Å². The molecule has 1 aromatic heterocycles. The molecular weight excluding hydrogens is 384 g/mol. The van der Waals surface area contributed by atoms with Gasteiger partial charge in [0.15, 0.2) is 20.5 Å². The highest BCUT2D eigenvalue weighted by Gasteiger charge is 2.40. The van der Waals surface area contributed by atoms with E-state index in [2.05, 4.69) is 53.9 Å².